The van der Waals surface area contributed by atoms with E-state index in [1.807, 2.05) is 18.2 Å². The van der Waals surface area contributed by atoms with E-state index in [0.717, 1.165) is 37.2 Å². The van der Waals surface area contributed by atoms with Crippen LogP contribution in [0, 0.1) is 0 Å². The Labute approximate surface area is 135 Å². The molecule has 0 amide bonds. The van der Waals surface area contributed by atoms with Crippen LogP contribution in [0.5, 0.6) is 0 Å². The molecule has 2 nitrogen and oxygen atoms in total. The van der Waals surface area contributed by atoms with Crippen molar-refractivity contribution in [2.24, 2.45) is 5.73 Å². The van der Waals surface area contributed by atoms with E-state index in [0.29, 0.717) is 10.0 Å². The fourth-order valence-electron chi connectivity index (χ4n) is 2.88. The van der Waals surface area contributed by atoms with Crippen LogP contribution in [-0.2, 0) is 12.8 Å². The van der Waals surface area contributed by atoms with Crippen LogP contribution in [0.25, 0.3) is 0 Å². The Kier molecular flexibility index (Phi) is 4.13. The summed E-state index contributed by atoms with van der Waals surface area (Å²) in [7, 11) is 0. The van der Waals surface area contributed by atoms with Crippen molar-refractivity contribution in [3.8, 4) is 0 Å². The molecule has 0 spiro atoms. The van der Waals surface area contributed by atoms with E-state index in [4.69, 9.17) is 29.6 Å². The lowest BCUT2D eigenvalue weighted by atomic mass is 10.0. The molecule has 0 aliphatic carbocycles. The Morgan fingerprint density at radius 1 is 1.05 bits per heavy atom. The van der Waals surface area contributed by atoms with Crippen molar-refractivity contribution in [3.05, 3.63) is 64.2 Å². The van der Waals surface area contributed by atoms with Crippen LogP contribution in [0.3, 0.4) is 0 Å². The second kappa shape index (κ2) is 6.04. The Balaban J connectivity index is 1.93. The van der Waals surface area contributed by atoms with E-state index in [2.05, 4.69) is 29.2 Å². The quantitative estimate of drug-likeness (QED) is 0.859. The molecule has 21 heavy (non-hydrogen) atoms. The number of nitrogens with two attached hydrogens (primary N) is 1. The minimum Gasteiger partial charge on any atom is -0.389 e. The van der Waals surface area contributed by atoms with Gasteiger partial charge in [-0.1, -0.05) is 48.1 Å². The molecule has 108 valence electrons. The molecule has 0 fully saturated rings. The van der Waals surface area contributed by atoms with E-state index in [1.165, 1.54) is 11.1 Å². The first-order valence-electron chi connectivity index (χ1n) is 7.06. The highest BCUT2D eigenvalue weighted by Crippen LogP contribution is 2.27. The molecule has 0 saturated carbocycles. The van der Waals surface area contributed by atoms with Gasteiger partial charge in [0.25, 0.3) is 0 Å². The first-order chi connectivity index (χ1) is 10.1. The smallest absolute Gasteiger partial charge is 0.106 e. The van der Waals surface area contributed by atoms with Gasteiger partial charge in [0.15, 0.2) is 0 Å². The van der Waals surface area contributed by atoms with Gasteiger partial charge in [-0.3, -0.25) is 0 Å². The summed E-state index contributed by atoms with van der Waals surface area (Å²) < 4.78 is 0. The third-order valence-electron chi connectivity index (χ3n) is 3.99. The van der Waals surface area contributed by atoms with Crippen LogP contribution < -0.4 is 10.6 Å². The summed E-state index contributed by atoms with van der Waals surface area (Å²) in [6.07, 6.45) is 2.05. The average Bonchev–Trinajstić information content (AvgIpc) is 2.69. The van der Waals surface area contributed by atoms with Crippen LogP contribution in [0.2, 0.25) is 5.02 Å². The molecule has 0 bridgehead atoms. The second-order valence-electron chi connectivity index (χ2n) is 5.28. The molecule has 2 aromatic rings. The summed E-state index contributed by atoms with van der Waals surface area (Å²) >= 11 is 11.3. The fourth-order valence-corrected chi connectivity index (χ4v) is 3.22. The number of rotatable bonds is 2. The predicted molar refractivity (Wildman–Crippen MR) is 93.4 cm³/mol. The van der Waals surface area contributed by atoms with Gasteiger partial charge in [-0.2, -0.15) is 0 Å². The van der Waals surface area contributed by atoms with E-state index in [9.17, 15) is 0 Å². The van der Waals surface area contributed by atoms with E-state index < -0.39 is 0 Å². The molecular weight excluding hydrogens is 300 g/mol. The third kappa shape index (κ3) is 3.04. The van der Waals surface area contributed by atoms with Crippen molar-refractivity contribution in [1.82, 2.24) is 0 Å². The maximum absolute atomic E-state index is 6.16. The number of anilines is 1. The molecule has 1 aliphatic heterocycles. The van der Waals surface area contributed by atoms with Crippen molar-refractivity contribution in [2.45, 2.75) is 12.8 Å². The Morgan fingerprint density at radius 3 is 2.24 bits per heavy atom. The lowest BCUT2D eigenvalue weighted by Gasteiger charge is -2.25. The Morgan fingerprint density at radius 2 is 1.67 bits per heavy atom. The predicted octanol–water partition coefficient (Wildman–Crippen LogP) is 3.58. The third-order valence-corrected chi connectivity index (χ3v) is 4.44. The number of hydrogen-bond acceptors (Lipinski definition) is 2. The Bertz CT molecular complexity index is 657. The number of thiocarbonyl (C=S) groups is 1. The molecule has 2 N–H and O–H groups in total. The van der Waals surface area contributed by atoms with E-state index in [-0.39, 0.29) is 0 Å². The number of nitrogens with zero attached hydrogens (tertiary/aromatic N) is 1. The molecule has 3 rings (SSSR count). The van der Waals surface area contributed by atoms with Crippen molar-refractivity contribution < 1.29 is 0 Å². The molecule has 0 aromatic heterocycles. The summed E-state index contributed by atoms with van der Waals surface area (Å²) in [4.78, 5) is 2.75. The van der Waals surface area contributed by atoms with Crippen molar-refractivity contribution >= 4 is 34.5 Å². The van der Waals surface area contributed by atoms with Gasteiger partial charge in [0.05, 0.1) is 0 Å². The molecule has 0 unspecified atom stereocenters. The van der Waals surface area contributed by atoms with Crippen LogP contribution >= 0.6 is 23.8 Å². The standard InChI is InChI=1S/C17H17ClN2S/c18-14-5-6-15(17(19)21)16(11-14)20-9-7-12-3-1-2-4-13(12)8-10-20/h1-6,11H,7-10H2,(H2,19,21). The summed E-state index contributed by atoms with van der Waals surface area (Å²) in [6, 6.07) is 14.4. The first-order valence-corrected chi connectivity index (χ1v) is 7.85. The minimum atomic E-state index is 0.420. The van der Waals surface area contributed by atoms with E-state index in [1.54, 1.807) is 0 Å². The zero-order valence-corrected chi connectivity index (χ0v) is 13.3. The molecular formula is C17H17ClN2S. The molecule has 0 radical (unpaired) electrons. The zero-order chi connectivity index (χ0) is 14.8. The van der Waals surface area contributed by atoms with Gasteiger partial charge >= 0.3 is 0 Å². The highest BCUT2D eigenvalue weighted by Gasteiger charge is 2.17. The van der Waals surface area contributed by atoms with Crippen LogP contribution in [0.1, 0.15) is 16.7 Å². The number of fused-ring (bicyclic) bond motifs is 1. The fraction of sp³-hybridized carbons (Fsp3) is 0.235. The molecule has 0 saturated heterocycles. The van der Waals surface area contributed by atoms with Gasteiger partial charge in [-0.15, -0.1) is 0 Å². The molecule has 1 aliphatic rings. The lowest BCUT2D eigenvalue weighted by Crippen LogP contribution is -2.28. The Hall–Kier alpha value is -1.58. The molecule has 0 atom stereocenters. The molecule has 2 aromatic carbocycles. The SMILES string of the molecule is NC(=S)c1ccc(Cl)cc1N1CCc2ccccc2CC1. The normalized spacial score (nSPS) is 14.4. The van der Waals surface area contributed by atoms with E-state index >= 15 is 0 Å². The summed E-state index contributed by atoms with van der Waals surface area (Å²) in [5.41, 5.74) is 10.7. The summed E-state index contributed by atoms with van der Waals surface area (Å²) in [6.45, 7) is 1.90. The average molecular weight is 317 g/mol. The van der Waals surface area contributed by atoms with Gasteiger partial charge in [0, 0.05) is 29.4 Å². The maximum Gasteiger partial charge on any atom is 0.106 e. The summed E-state index contributed by atoms with van der Waals surface area (Å²) in [5, 5.41) is 0.715. The highest BCUT2D eigenvalue weighted by atomic mass is 35.5. The maximum atomic E-state index is 6.16. The minimum absolute atomic E-state index is 0.420. The second-order valence-corrected chi connectivity index (χ2v) is 6.16. The monoisotopic (exact) mass is 316 g/mol. The molecule has 4 heteroatoms. The van der Waals surface area contributed by atoms with Crippen molar-refractivity contribution in [3.63, 3.8) is 0 Å². The van der Waals surface area contributed by atoms with Gasteiger partial charge in [-0.25, -0.2) is 0 Å². The lowest BCUT2D eigenvalue weighted by molar-refractivity contribution is 0.805. The number of benzene rings is 2. The summed E-state index contributed by atoms with van der Waals surface area (Å²) in [5.74, 6) is 0. The largest absolute Gasteiger partial charge is 0.389 e. The topological polar surface area (TPSA) is 29.3 Å². The van der Waals surface area contributed by atoms with Gasteiger partial charge in [-0.05, 0) is 42.2 Å². The zero-order valence-electron chi connectivity index (χ0n) is 11.7. The van der Waals surface area contributed by atoms with Crippen molar-refractivity contribution in [2.75, 3.05) is 18.0 Å². The van der Waals surface area contributed by atoms with Crippen LogP contribution in [0.4, 0.5) is 5.69 Å². The van der Waals surface area contributed by atoms with Gasteiger partial charge in [0.1, 0.15) is 4.99 Å². The first kappa shape index (κ1) is 14.4. The number of hydrogen-bond donors (Lipinski definition) is 1. The van der Waals surface area contributed by atoms with Crippen LogP contribution in [-0.4, -0.2) is 18.1 Å². The van der Waals surface area contributed by atoms with Crippen LogP contribution in [0.15, 0.2) is 42.5 Å². The van der Waals surface area contributed by atoms with Gasteiger partial charge < -0.3 is 10.6 Å². The number of halogens is 1. The highest BCUT2D eigenvalue weighted by molar-refractivity contribution is 7.80. The van der Waals surface area contributed by atoms with Crippen molar-refractivity contribution in [1.29, 1.82) is 0 Å². The molecule has 1 heterocycles. The van der Waals surface area contributed by atoms with Gasteiger partial charge in [0.2, 0.25) is 0 Å².